The lowest BCUT2D eigenvalue weighted by molar-refractivity contribution is 0.630. The summed E-state index contributed by atoms with van der Waals surface area (Å²) in [6.07, 6.45) is 1.89. The number of fused-ring (bicyclic) bond motifs is 3. The molecule has 0 spiro atoms. The van der Waals surface area contributed by atoms with E-state index in [4.69, 9.17) is 5.73 Å². The molecule has 6 heteroatoms. The minimum atomic E-state index is -0.217. The van der Waals surface area contributed by atoms with E-state index in [1.165, 1.54) is 23.5 Å². The Morgan fingerprint density at radius 1 is 1.44 bits per heavy atom. The van der Waals surface area contributed by atoms with Crippen LogP contribution in [0.4, 0.5) is 4.39 Å². The maximum absolute atomic E-state index is 13.0. The lowest BCUT2D eigenvalue weighted by Crippen LogP contribution is -1.95. The smallest absolute Gasteiger partial charge is 0.194 e. The number of nitrogens with two attached hydrogens (primary N) is 1. The molecule has 3 rings (SSSR count). The van der Waals surface area contributed by atoms with Crippen LogP contribution in [0.2, 0.25) is 0 Å². The Balaban J connectivity index is 0.000000963. The molecule has 0 fully saturated rings. The van der Waals surface area contributed by atoms with Gasteiger partial charge in [0.05, 0.1) is 15.9 Å². The van der Waals surface area contributed by atoms with E-state index >= 15 is 0 Å². The number of hydrogen-bond donors (Lipinski definition) is 1. The Labute approximate surface area is 101 Å². The number of rotatable bonds is 1. The Morgan fingerprint density at radius 2 is 2.25 bits per heavy atom. The van der Waals surface area contributed by atoms with Crippen molar-refractivity contribution >= 4 is 38.9 Å². The van der Waals surface area contributed by atoms with Gasteiger partial charge in [-0.3, -0.25) is 4.40 Å². The predicted octanol–water partition coefficient (Wildman–Crippen LogP) is 2.57. The third kappa shape index (κ3) is 1.57. The Kier molecular flexibility index (Phi) is 2.84. The molecular formula is C10H9ClFN3S. The second-order valence-corrected chi connectivity index (χ2v) is 4.31. The van der Waals surface area contributed by atoms with Crippen molar-refractivity contribution < 1.29 is 4.39 Å². The number of nitrogens with zero attached hydrogens (tertiary/aromatic N) is 2. The molecule has 2 heterocycles. The van der Waals surface area contributed by atoms with Gasteiger partial charge >= 0.3 is 0 Å². The van der Waals surface area contributed by atoms with E-state index in [0.29, 0.717) is 6.54 Å². The summed E-state index contributed by atoms with van der Waals surface area (Å²) in [6, 6.07) is 4.74. The highest BCUT2D eigenvalue weighted by molar-refractivity contribution is 7.23. The molecule has 2 aromatic heterocycles. The van der Waals surface area contributed by atoms with Gasteiger partial charge in [-0.2, -0.15) is 0 Å². The molecule has 3 aromatic rings. The van der Waals surface area contributed by atoms with Crippen LogP contribution in [0, 0.1) is 5.82 Å². The monoisotopic (exact) mass is 257 g/mol. The molecule has 2 N–H and O–H groups in total. The molecule has 0 aliphatic carbocycles. The van der Waals surface area contributed by atoms with Crippen molar-refractivity contribution in [1.82, 2.24) is 9.38 Å². The molecule has 84 valence electrons. The Morgan fingerprint density at radius 3 is 3.00 bits per heavy atom. The molecular weight excluding hydrogens is 249 g/mol. The quantitative estimate of drug-likeness (QED) is 0.728. The number of benzene rings is 1. The van der Waals surface area contributed by atoms with E-state index in [2.05, 4.69) is 4.98 Å². The number of hydrogen-bond acceptors (Lipinski definition) is 3. The van der Waals surface area contributed by atoms with E-state index in [-0.39, 0.29) is 18.2 Å². The van der Waals surface area contributed by atoms with E-state index in [1.54, 1.807) is 6.07 Å². The van der Waals surface area contributed by atoms with Crippen LogP contribution in [-0.4, -0.2) is 9.38 Å². The van der Waals surface area contributed by atoms with Crippen molar-refractivity contribution in [2.24, 2.45) is 5.73 Å². The van der Waals surface area contributed by atoms with Crippen LogP contribution in [0.5, 0.6) is 0 Å². The molecule has 3 nitrogen and oxygen atoms in total. The second kappa shape index (κ2) is 4.01. The first-order valence-electron chi connectivity index (χ1n) is 4.54. The zero-order valence-corrected chi connectivity index (χ0v) is 9.82. The van der Waals surface area contributed by atoms with Crippen LogP contribution in [0.1, 0.15) is 5.69 Å². The van der Waals surface area contributed by atoms with Crippen molar-refractivity contribution in [2.45, 2.75) is 6.54 Å². The summed E-state index contributed by atoms with van der Waals surface area (Å²) in [5, 5.41) is 0. The molecule has 0 saturated heterocycles. The minimum absolute atomic E-state index is 0. The summed E-state index contributed by atoms with van der Waals surface area (Å²) in [6.45, 7) is 0.428. The summed E-state index contributed by atoms with van der Waals surface area (Å²) >= 11 is 1.47. The molecule has 0 atom stereocenters. The number of halogens is 2. The van der Waals surface area contributed by atoms with E-state index in [1.807, 2.05) is 10.6 Å². The predicted molar refractivity (Wildman–Crippen MR) is 65.7 cm³/mol. The fourth-order valence-electron chi connectivity index (χ4n) is 1.62. The normalized spacial score (nSPS) is 10.9. The zero-order valence-electron chi connectivity index (χ0n) is 8.18. The third-order valence-electron chi connectivity index (χ3n) is 2.32. The Hall–Kier alpha value is -1.17. The van der Waals surface area contributed by atoms with Gasteiger partial charge in [0.15, 0.2) is 4.96 Å². The first-order valence-corrected chi connectivity index (χ1v) is 5.35. The average Bonchev–Trinajstić information content (AvgIpc) is 2.73. The van der Waals surface area contributed by atoms with Gasteiger partial charge in [0.25, 0.3) is 0 Å². The van der Waals surface area contributed by atoms with Gasteiger partial charge in [0.2, 0.25) is 0 Å². The van der Waals surface area contributed by atoms with Gasteiger partial charge in [-0.05, 0) is 18.2 Å². The van der Waals surface area contributed by atoms with Crippen LogP contribution in [0.25, 0.3) is 15.2 Å². The summed E-state index contributed by atoms with van der Waals surface area (Å²) in [5.41, 5.74) is 7.34. The minimum Gasteiger partial charge on any atom is -0.325 e. The highest BCUT2D eigenvalue weighted by Crippen LogP contribution is 2.26. The zero-order chi connectivity index (χ0) is 10.4. The largest absolute Gasteiger partial charge is 0.325 e. The molecule has 0 bridgehead atoms. The number of aromatic nitrogens is 2. The highest BCUT2D eigenvalue weighted by atomic mass is 35.5. The first-order chi connectivity index (χ1) is 7.28. The van der Waals surface area contributed by atoms with Gasteiger partial charge in [-0.25, -0.2) is 9.37 Å². The molecule has 16 heavy (non-hydrogen) atoms. The topological polar surface area (TPSA) is 43.3 Å². The summed E-state index contributed by atoms with van der Waals surface area (Å²) in [7, 11) is 0. The fraction of sp³-hybridized carbons (Fsp3) is 0.100. The summed E-state index contributed by atoms with van der Waals surface area (Å²) < 4.78 is 15.8. The molecule has 0 saturated carbocycles. The summed E-state index contributed by atoms with van der Waals surface area (Å²) in [5.74, 6) is -0.217. The molecule has 0 radical (unpaired) electrons. The fourth-order valence-corrected chi connectivity index (χ4v) is 2.67. The molecule has 0 amide bonds. The standard InChI is InChI=1S/C10H8FN3S.ClH/c11-6-1-2-8-9(3-6)15-10-13-7(4-12)5-14(8)10;/h1-3,5H,4,12H2;1H. The van der Waals surface area contributed by atoms with Crippen LogP contribution < -0.4 is 5.73 Å². The lowest BCUT2D eigenvalue weighted by atomic mass is 10.3. The third-order valence-corrected chi connectivity index (χ3v) is 3.33. The van der Waals surface area contributed by atoms with Crippen LogP contribution in [-0.2, 0) is 6.54 Å². The van der Waals surface area contributed by atoms with Gasteiger partial charge in [-0.15, -0.1) is 12.4 Å². The second-order valence-electron chi connectivity index (χ2n) is 3.30. The van der Waals surface area contributed by atoms with Gasteiger partial charge < -0.3 is 5.73 Å². The van der Waals surface area contributed by atoms with Crippen molar-refractivity contribution in [3.05, 3.63) is 35.9 Å². The van der Waals surface area contributed by atoms with Crippen molar-refractivity contribution in [2.75, 3.05) is 0 Å². The van der Waals surface area contributed by atoms with Crippen LogP contribution >= 0.6 is 23.7 Å². The van der Waals surface area contributed by atoms with Gasteiger partial charge in [0, 0.05) is 12.7 Å². The van der Waals surface area contributed by atoms with Crippen LogP contribution in [0.15, 0.2) is 24.4 Å². The molecule has 0 aliphatic rings. The van der Waals surface area contributed by atoms with Gasteiger partial charge in [0.1, 0.15) is 5.82 Å². The Bertz CT molecular complexity index is 646. The van der Waals surface area contributed by atoms with E-state index < -0.39 is 0 Å². The number of thiazole rings is 1. The van der Waals surface area contributed by atoms with Crippen molar-refractivity contribution in [3.8, 4) is 0 Å². The number of imidazole rings is 1. The SMILES string of the molecule is Cl.NCc1cn2c(n1)sc1cc(F)ccc12. The highest BCUT2D eigenvalue weighted by Gasteiger charge is 2.08. The summed E-state index contributed by atoms with van der Waals surface area (Å²) in [4.78, 5) is 5.19. The lowest BCUT2D eigenvalue weighted by Gasteiger charge is -1.90. The maximum atomic E-state index is 13.0. The molecule has 0 unspecified atom stereocenters. The maximum Gasteiger partial charge on any atom is 0.194 e. The van der Waals surface area contributed by atoms with E-state index in [0.717, 1.165) is 20.9 Å². The van der Waals surface area contributed by atoms with Crippen LogP contribution in [0.3, 0.4) is 0 Å². The van der Waals surface area contributed by atoms with E-state index in [9.17, 15) is 4.39 Å². The first kappa shape index (κ1) is 11.3. The molecule has 0 aliphatic heterocycles. The van der Waals surface area contributed by atoms with Gasteiger partial charge in [-0.1, -0.05) is 11.3 Å². The van der Waals surface area contributed by atoms with Crippen molar-refractivity contribution in [1.29, 1.82) is 0 Å². The average molecular weight is 258 g/mol. The van der Waals surface area contributed by atoms with Crippen molar-refractivity contribution in [3.63, 3.8) is 0 Å². The molecule has 1 aromatic carbocycles.